The first kappa shape index (κ1) is 18.6. The molecule has 1 N–H and O–H groups in total. The molecular formula is C16H24O6. The van der Waals surface area contributed by atoms with Crippen LogP contribution in [0.4, 0.5) is 0 Å². The number of carbonyl (C=O) groups is 1. The number of carboxylic acid groups (broad SMARTS) is 1. The molecule has 0 fully saturated rings. The van der Waals surface area contributed by atoms with E-state index in [-0.39, 0.29) is 13.0 Å². The Morgan fingerprint density at radius 3 is 1.82 bits per heavy atom. The molecule has 0 saturated heterocycles. The monoisotopic (exact) mass is 312 g/mol. The van der Waals surface area contributed by atoms with Crippen molar-refractivity contribution in [1.29, 1.82) is 0 Å². The number of ether oxygens (including phenoxy) is 4. The molecule has 0 spiro atoms. The average Bonchev–Trinajstić information content (AvgIpc) is 2.52. The molecule has 0 atom stereocenters. The second kappa shape index (κ2) is 13.2. The highest BCUT2D eigenvalue weighted by molar-refractivity contribution is 5.66. The van der Waals surface area contributed by atoms with E-state index in [1.54, 1.807) is 0 Å². The van der Waals surface area contributed by atoms with E-state index >= 15 is 0 Å². The summed E-state index contributed by atoms with van der Waals surface area (Å²) in [5.74, 6) is -0.858. The van der Waals surface area contributed by atoms with Crippen molar-refractivity contribution in [2.45, 2.75) is 13.0 Å². The summed E-state index contributed by atoms with van der Waals surface area (Å²) < 4.78 is 21.2. The minimum absolute atomic E-state index is 0.0199. The lowest BCUT2D eigenvalue weighted by molar-refractivity contribution is -0.138. The number of hydrogen-bond donors (Lipinski definition) is 1. The van der Waals surface area contributed by atoms with Crippen LogP contribution in [-0.2, 0) is 30.3 Å². The number of hydrogen-bond acceptors (Lipinski definition) is 5. The fourth-order valence-electron chi connectivity index (χ4n) is 1.58. The van der Waals surface area contributed by atoms with Crippen molar-refractivity contribution in [3.63, 3.8) is 0 Å². The van der Waals surface area contributed by atoms with Gasteiger partial charge in [0.1, 0.15) is 0 Å². The molecule has 6 heteroatoms. The van der Waals surface area contributed by atoms with Crippen molar-refractivity contribution in [2.75, 3.05) is 46.2 Å². The summed E-state index contributed by atoms with van der Waals surface area (Å²) in [7, 11) is 0. The third-order valence-corrected chi connectivity index (χ3v) is 2.69. The van der Waals surface area contributed by atoms with E-state index in [0.717, 1.165) is 5.56 Å². The van der Waals surface area contributed by atoms with Crippen LogP contribution in [0.1, 0.15) is 12.0 Å². The zero-order valence-electron chi connectivity index (χ0n) is 12.7. The molecule has 0 radical (unpaired) electrons. The highest BCUT2D eigenvalue weighted by Gasteiger charge is 1.96. The fourth-order valence-corrected chi connectivity index (χ4v) is 1.58. The van der Waals surface area contributed by atoms with E-state index in [0.29, 0.717) is 46.2 Å². The Balaban J connectivity index is 1.76. The predicted octanol–water partition coefficient (Wildman–Crippen LogP) is 1.73. The van der Waals surface area contributed by atoms with Gasteiger partial charge in [0.15, 0.2) is 0 Å². The van der Waals surface area contributed by atoms with Gasteiger partial charge < -0.3 is 24.1 Å². The van der Waals surface area contributed by atoms with E-state index in [4.69, 9.17) is 24.1 Å². The summed E-state index contributed by atoms with van der Waals surface area (Å²) in [5.41, 5.74) is 1.15. The quantitative estimate of drug-likeness (QED) is 0.527. The van der Waals surface area contributed by atoms with Crippen LogP contribution in [0.15, 0.2) is 30.3 Å². The van der Waals surface area contributed by atoms with Crippen LogP contribution in [0.25, 0.3) is 0 Å². The minimum atomic E-state index is -0.858. The van der Waals surface area contributed by atoms with E-state index in [2.05, 4.69) is 0 Å². The Morgan fingerprint density at radius 2 is 1.27 bits per heavy atom. The molecule has 0 aliphatic carbocycles. The normalized spacial score (nSPS) is 10.7. The predicted molar refractivity (Wildman–Crippen MR) is 80.8 cm³/mol. The SMILES string of the molecule is O=C(O)CCOCCOCCOCCOCc1ccccc1. The summed E-state index contributed by atoms with van der Waals surface area (Å²) in [6, 6.07) is 9.99. The molecule has 0 aromatic heterocycles. The first-order valence-corrected chi connectivity index (χ1v) is 7.35. The van der Waals surface area contributed by atoms with E-state index < -0.39 is 5.97 Å². The number of rotatable bonds is 14. The molecule has 1 aromatic rings. The van der Waals surface area contributed by atoms with Crippen molar-refractivity contribution in [1.82, 2.24) is 0 Å². The number of aliphatic carboxylic acids is 1. The van der Waals surface area contributed by atoms with Gasteiger partial charge in [0, 0.05) is 0 Å². The molecule has 0 aliphatic heterocycles. The number of benzene rings is 1. The molecule has 6 nitrogen and oxygen atoms in total. The third-order valence-electron chi connectivity index (χ3n) is 2.69. The molecule has 1 aromatic carbocycles. The molecule has 22 heavy (non-hydrogen) atoms. The molecule has 124 valence electrons. The maximum absolute atomic E-state index is 10.2. The van der Waals surface area contributed by atoms with Crippen molar-refractivity contribution >= 4 is 5.97 Å². The van der Waals surface area contributed by atoms with Crippen LogP contribution in [0.5, 0.6) is 0 Å². The molecule has 0 unspecified atom stereocenters. The molecule has 0 saturated carbocycles. The van der Waals surface area contributed by atoms with Gasteiger partial charge in [-0.3, -0.25) is 4.79 Å². The van der Waals surface area contributed by atoms with Gasteiger partial charge >= 0.3 is 5.97 Å². The lowest BCUT2D eigenvalue weighted by atomic mass is 10.2. The van der Waals surface area contributed by atoms with Crippen molar-refractivity contribution < 1.29 is 28.8 Å². The molecule has 0 aliphatic rings. The largest absolute Gasteiger partial charge is 0.481 e. The maximum Gasteiger partial charge on any atom is 0.305 e. The van der Waals surface area contributed by atoms with E-state index in [1.807, 2.05) is 30.3 Å². The second-order valence-corrected chi connectivity index (χ2v) is 4.52. The van der Waals surface area contributed by atoms with Gasteiger partial charge in [-0.15, -0.1) is 0 Å². The van der Waals surface area contributed by atoms with E-state index in [9.17, 15) is 4.79 Å². The van der Waals surface area contributed by atoms with Crippen LogP contribution in [0.2, 0.25) is 0 Å². The zero-order chi connectivity index (χ0) is 15.9. The molecule has 0 heterocycles. The molecule has 0 bridgehead atoms. The van der Waals surface area contributed by atoms with E-state index in [1.165, 1.54) is 0 Å². The topological polar surface area (TPSA) is 74.2 Å². The second-order valence-electron chi connectivity index (χ2n) is 4.52. The van der Waals surface area contributed by atoms with Gasteiger partial charge in [-0.1, -0.05) is 30.3 Å². The van der Waals surface area contributed by atoms with Crippen molar-refractivity contribution in [3.05, 3.63) is 35.9 Å². The average molecular weight is 312 g/mol. The van der Waals surface area contributed by atoms with Gasteiger partial charge in [0.2, 0.25) is 0 Å². The first-order valence-electron chi connectivity index (χ1n) is 7.35. The van der Waals surface area contributed by atoms with Gasteiger partial charge in [-0.05, 0) is 5.56 Å². The van der Waals surface area contributed by atoms with Crippen LogP contribution < -0.4 is 0 Å². The summed E-state index contributed by atoms with van der Waals surface area (Å²) >= 11 is 0. The van der Waals surface area contributed by atoms with Crippen LogP contribution in [0.3, 0.4) is 0 Å². The van der Waals surface area contributed by atoms with Crippen molar-refractivity contribution in [2.24, 2.45) is 0 Å². The Morgan fingerprint density at radius 1 is 0.773 bits per heavy atom. The summed E-state index contributed by atoms with van der Waals surface area (Å²) in [6.07, 6.45) is 0.0199. The van der Waals surface area contributed by atoms with Gasteiger partial charge in [0.25, 0.3) is 0 Å². The summed E-state index contributed by atoms with van der Waals surface area (Å²) in [4.78, 5) is 10.2. The lowest BCUT2D eigenvalue weighted by Crippen LogP contribution is -2.12. The van der Waals surface area contributed by atoms with Gasteiger partial charge in [-0.2, -0.15) is 0 Å². The van der Waals surface area contributed by atoms with Crippen LogP contribution in [-0.4, -0.2) is 57.3 Å². The Labute approximate surface area is 130 Å². The van der Waals surface area contributed by atoms with Crippen LogP contribution in [0, 0.1) is 0 Å². The van der Waals surface area contributed by atoms with Gasteiger partial charge in [-0.25, -0.2) is 0 Å². The summed E-state index contributed by atoms with van der Waals surface area (Å²) in [5, 5.41) is 8.40. The lowest BCUT2D eigenvalue weighted by Gasteiger charge is -2.07. The fraction of sp³-hybridized carbons (Fsp3) is 0.562. The maximum atomic E-state index is 10.2. The standard InChI is InChI=1S/C16H24O6/c17-16(18)6-7-19-8-9-20-10-11-21-12-13-22-14-15-4-2-1-3-5-15/h1-5H,6-14H2,(H,17,18). The Bertz CT molecular complexity index is 381. The first-order chi connectivity index (χ1) is 10.8. The molecule has 0 amide bonds. The van der Waals surface area contributed by atoms with Crippen LogP contribution >= 0.6 is 0 Å². The Hall–Kier alpha value is -1.47. The minimum Gasteiger partial charge on any atom is -0.481 e. The van der Waals surface area contributed by atoms with Crippen molar-refractivity contribution in [3.8, 4) is 0 Å². The molecule has 1 rings (SSSR count). The Kier molecular flexibility index (Phi) is 11.2. The smallest absolute Gasteiger partial charge is 0.305 e. The summed E-state index contributed by atoms with van der Waals surface area (Å²) in [6.45, 7) is 3.71. The molecular weight excluding hydrogens is 288 g/mol. The highest BCUT2D eigenvalue weighted by Crippen LogP contribution is 1.99. The zero-order valence-corrected chi connectivity index (χ0v) is 12.7. The van der Waals surface area contributed by atoms with Gasteiger partial charge in [0.05, 0.1) is 59.3 Å². The number of carboxylic acids is 1. The highest BCUT2D eigenvalue weighted by atomic mass is 16.6. The third kappa shape index (κ3) is 11.2.